The molecule has 0 aliphatic rings. The normalized spacial score (nSPS) is 14.0. The van der Waals surface area contributed by atoms with Crippen molar-refractivity contribution in [3.63, 3.8) is 0 Å². The molecule has 0 saturated carbocycles. The Morgan fingerprint density at radius 2 is 1.58 bits per heavy atom. The van der Waals surface area contributed by atoms with E-state index in [2.05, 4.69) is 10.6 Å². The van der Waals surface area contributed by atoms with Crippen LogP contribution in [0.25, 0.3) is 0 Å². The number of carbonyl (C=O) groups is 1. The second-order valence-corrected chi connectivity index (χ2v) is 7.14. The Hall–Kier alpha value is -2.22. The van der Waals surface area contributed by atoms with Gasteiger partial charge in [-0.15, -0.1) is 0 Å². The number of nitrogens with one attached hydrogen (secondary N) is 2. The molecule has 0 spiro atoms. The molecule has 0 aliphatic heterocycles. The minimum Gasteiger partial charge on any atom is -0.325 e. The van der Waals surface area contributed by atoms with Crippen LogP contribution < -0.4 is 15.8 Å². The average Bonchev–Trinajstić information content (AvgIpc) is 2.55. The first-order valence-electron chi connectivity index (χ1n) is 7.52. The highest BCUT2D eigenvalue weighted by atomic mass is 32.2. The van der Waals surface area contributed by atoms with Gasteiger partial charge in [0.1, 0.15) is 0 Å². The van der Waals surface area contributed by atoms with Crippen molar-refractivity contribution < 1.29 is 13.2 Å². The Morgan fingerprint density at radius 1 is 1.00 bits per heavy atom. The van der Waals surface area contributed by atoms with Crippen molar-refractivity contribution >= 4 is 21.6 Å². The van der Waals surface area contributed by atoms with Gasteiger partial charge in [-0.2, -0.15) is 0 Å². The molecule has 2 rings (SSSR count). The largest absolute Gasteiger partial charge is 0.325 e. The van der Waals surface area contributed by atoms with E-state index in [4.69, 9.17) is 5.14 Å². The highest BCUT2D eigenvalue weighted by Gasteiger charge is 2.16. The summed E-state index contributed by atoms with van der Waals surface area (Å²) in [6.07, 6.45) is 0. The lowest BCUT2D eigenvalue weighted by molar-refractivity contribution is -0.117. The Balaban J connectivity index is 1.96. The first-order valence-corrected chi connectivity index (χ1v) is 9.07. The molecule has 0 bridgehead atoms. The second-order valence-electron chi connectivity index (χ2n) is 5.58. The monoisotopic (exact) mass is 347 g/mol. The third-order valence-corrected chi connectivity index (χ3v) is 4.57. The van der Waals surface area contributed by atoms with Crippen molar-refractivity contribution in [2.24, 2.45) is 5.14 Å². The van der Waals surface area contributed by atoms with Crippen LogP contribution in [0.1, 0.15) is 25.5 Å². The number of nitrogens with two attached hydrogens (primary N) is 1. The van der Waals surface area contributed by atoms with E-state index >= 15 is 0 Å². The summed E-state index contributed by atoms with van der Waals surface area (Å²) >= 11 is 0. The predicted molar refractivity (Wildman–Crippen MR) is 93.9 cm³/mol. The van der Waals surface area contributed by atoms with Crippen LogP contribution in [0, 0.1) is 0 Å². The van der Waals surface area contributed by atoms with E-state index in [9.17, 15) is 13.2 Å². The van der Waals surface area contributed by atoms with Crippen molar-refractivity contribution in [3.05, 3.63) is 60.2 Å². The summed E-state index contributed by atoms with van der Waals surface area (Å²) in [5, 5.41) is 11.0. The van der Waals surface area contributed by atoms with Gasteiger partial charge in [-0.05, 0) is 43.7 Å². The molecule has 0 unspecified atom stereocenters. The van der Waals surface area contributed by atoms with Crippen LogP contribution in [0.2, 0.25) is 0 Å². The number of hydrogen-bond donors (Lipinski definition) is 3. The smallest absolute Gasteiger partial charge is 0.241 e. The lowest BCUT2D eigenvalue weighted by Crippen LogP contribution is -2.39. The van der Waals surface area contributed by atoms with Crippen LogP contribution in [-0.4, -0.2) is 20.4 Å². The second kappa shape index (κ2) is 7.57. The lowest BCUT2D eigenvalue weighted by Gasteiger charge is -2.20. The minimum absolute atomic E-state index is 0.00405. The molecule has 6 nitrogen and oxygen atoms in total. The van der Waals surface area contributed by atoms with E-state index in [1.807, 2.05) is 37.3 Å². The fourth-order valence-electron chi connectivity index (χ4n) is 2.27. The highest BCUT2D eigenvalue weighted by Crippen LogP contribution is 2.15. The summed E-state index contributed by atoms with van der Waals surface area (Å²) in [7, 11) is -3.74. The first-order chi connectivity index (χ1) is 11.3. The molecular formula is C17H21N3O3S. The SMILES string of the molecule is C[C@H](N[C@@H](C)c1ccccc1)C(=O)Nc1ccc(S(N)(=O)=O)cc1. The topological polar surface area (TPSA) is 101 Å². The van der Waals surface area contributed by atoms with Gasteiger partial charge in [0.25, 0.3) is 0 Å². The van der Waals surface area contributed by atoms with Crippen LogP contribution in [0.4, 0.5) is 5.69 Å². The number of sulfonamides is 1. The zero-order valence-electron chi connectivity index (χ0n) is 13.6. The van der Waals surface area contributed by atoms with E-state index in [1.54, 1.807) is 6.92 Å². The van der Waals surface area contributed by atoms with Crippen molar-refractivity contribution in [1.29, 1.82) is 0 Å². The summed E-state index contributed by atoms with van der Waals surface area (Å²) in [4.78, 5) is 12.2. The van der Waals surface area contributed by atoms with Gasteiger partial charge < -0.3 is 5.32 Å². The van der Waals surface area contributed by atoms with Crippen LogP contribution in [0.5, 0.6) is 0 Å². The average molecular weight is 347 g/mol. The molecular weight excluding hydrogens is 326 g/mol. The fraction of sp³-hybridized carbons (Fsp3) is 0.235. The number of carbonyl (C=O) groups excluding carboxylic acids is 1. The molecule has 0 fully saturated rings. The molecule has 2 atom stereocenters. The Morgan fingerprint density at radius 3 is 2.12 bits per heavy atom. The molecule has 0 aliphatic carbocycles. The summed E-state index contributed by atoms with van der Waals surface area (Å²) in [6.45, 7) is 3.76. The third kappa shape index (κ3) is 4.89. The Bertz CT molecular complexity index is 790. The van der Waals surface area contributed by atoms with Crippen LogP contribution in [-0.2, 0) is 14.8 Å². The highest BCUT2D eigenvalue weighted by molar-refractivity contribution is 7.89. The summed E-state index contributed by atoms with van der Waals surface area (Å²) in [5.74, 6) is -0.207. The number of anilines is 1. The van der Waals surface area contributed by atoms with Crippen molar-refractivity contribution in [1.82, 2.24) is 5.32 Å². The number of primary sulfonamides is 1. The summed E-state index contributed by atoms with van der Waals surface area (Å²) < 4.78 is 22.4. The zero-order chi connectivity index (χ0) is 17.7. The van der Waals surface area contributed by atoms with Gasteiger partial charge in [0.15, 0.2) is 0 Å². The molecule has 128 valence electrons. The van der Waals surface area contributed by atoms with E-state index in [1.165, 1.54) is 24.3 Å². The van der Waals surface area contributed by atoms with Crippen LogP contribution >= 0.6 is 0 Å². The van der Waals surface area contributed by atoms with Crippen molar-refractivity contribution in [2.45, 2.75) is 30.8 Å². The first kappa shape index (κ1) is 18.1. The minimum atomic E-state index is -3.74. The molecule has 24 heavy (non-hydrogen) atoms. The van der Waals surface area contributed by atoms with Crippen LogP contribution in [0.15, 0.2) is 59.5 Å². The lowest BCUT2D eigenvalue weighted by atomic mass is 10.1. The van der Waals surface area contributed by atoms with Gasteiger partial charge >= 0.3 is 0 Å². The molecule has 0 aromatic heterocycles. The van der Waals surface area contributed by atoms with E-state index in [-0.39, 0.29) is 16.8 Å². The summed E-state index contributed by atoms with van der Waals surface area (Å²) in [5.41, 5.74) is 1.60. The van der Waals surface area contributed by atoms with E-state index < -0.39 is 16.1 Å². The Kier molecular flexibility index (Phi) is 5.71. The van der Waals surface area contributed by atoms with Gasteiger partial charge in [0.2, 0.25) is 15.9 Å². The molecule has 0 radical (unpaired) electrons. The zero-order valence-corrected chi connectivity index (χ0v) is 14.4. The van der Waals surface area contributed by atoms with E-state index in [0.717, 1.165) is 5.56 Å². The van der Waals surface area contributed by atoms with Crippen molar-refractivity contribution in [3.8, 4) is 0 Å². The van der Waals surface area contributed by atoms with Gasteiger partial charge in [0.05, 0.1) is 10.9 Å². The summed E-state index contributed by atoms with van der Waals surface area (Å²) in [6, 6.07) is 15.2. The van der Waals surface area contributed by atoms with Crippen molar-refractivity contribution in [2.75, 3.05) is 5.32 Å². The number of benzene rings is 2. The maximum atomic E-state index is 12.2. The van der Waals surface area contributed by atoms with Gasteiger partial charge in [-0.25, -0.2) is 13.6 Å². The quantitative estimate of drug-likeness (QED) is 0.744. The van der Waals surface area contributed by atoms with Gasteiger partial charge in [-0.3, -0.25) is 10.1 Å². The number of amides is 1. The fourth-order valence-corrected chi connectivity index (χ4v) is 2.78. The molecule has 7 heteroatoms. The van der Waals surface area contributed by atoms with E-state index in [0.29, 0.717) is 5.69 Å². The predicted octanol–water partition coefficient (Wildman–Crippen LogP) is 2.01. The van der Waals surface area contributed by atoms with Crippen LogP contribution in [0.3, 0.4) is 0 Å². The molecule has 2 aromatic carbocycles. The molecule has 1 amide bonds. The maximum Gasteiger partial charge on any atom is 0.241 e. The molecule has 0 heterocycles. The Labute approximate surface area is 142 Å². The molecule has 4 N–H and O–H groups in total. The molecule has 2 aromatic rings. The molecule has 0 saturated heterocycles. The number of hydrogen-bond acceptors (Lipinski definition) is 4. The maximum absolute atomic E-state index is 12.2. The van der Waals surface area contributed by atoms with Gasteiger partial charge in [-0.1, -0.05) is 30.3 Å². The number of rotatable bonds is 6. The standard InChI is InChI=1S/C17H21N3O3S/c1-12(14-6-4-3-5-7-14)19-13(2)17(21)20-15-8-10-16(11-9-15)24(18,22)23/h3-13,19H,1-2H3,(H,20,21)(H2,18,22,23)/t12-,13-/m0/s1. The van der Waals surface area contributed by atoms with Gasteiger partial charge in [0, 0.05) is 11.7 Å². The third-order valence-electron chi connectivity index (χ3n) is 3.64.